The van der Waals surface area contributed by atoms with Crippen LogP contribution in [-0.2, 0) is 13.6 Å². The number of anilines is 1. The van der Waals surface area contributed by atoms with Crippen molar-refractivity contribution in [2.24, 2.45) is 7.05 Å². The van der Waals surface area contributed by atoms with E-state index in [1.807, 2.05) is 25.2 Å². The van der Waals surface area contributed by atoms with E-state index in [0.717, 1.165) is 5.56 Å². The predicted molar refractivity (Wildman–Crippen MR) is 76.1 cm³/mol. The maximum Gasteiger partial charge on any atom is 0.293 e. The Hall–Kier alpha value is -1.89. The van der Waals surface area contributed by atoms with Gasteiger partial charge in [-0.1, -0.05) is 15.9 Å². The second kappa shape index (κ2) is 5.40. The number of hydrogen-bond acceptors (Lipinski definition) is 4. The number of rotatable bonds is 4. The van der Waals surface area contributed by atoms with Crippen LogP contribution in [0.15, 0.2) is 35.1 Å². The molecule has 2 rings (SSSR count). The average molecular weight is 325 g/mol. The molecule has 1 aromatic carbocycles. The summed E-state index contributed by atoms with van der Waals surface area (Å²) < 4.78 is 2.40. The van der Waals surface area contributed by atoms with Crippen LogP contribution in [0.25, 0.3) is 0 Å². The minimum atomic E-state index is -0.375. The third kappa shape index (κ3) is 3.11. The van der Waals surface area contributed by atoms with E-state index < -0.39 is 0 Å². The molecule has 0 unspecified atom stereocenters. The van der Waals surface area contributed by atoms with E-state index in [4.69, 9.17) is 0 Å². The fourth-order valence-electron chi connectivity index (χ4n) is 1.88. The molecule has 0 bridgehead atoms. The highest BCUT2D eigenvalue weighted by Crippen LogP contribution is 2.31. The van der Waals surface area contributed by atoms with Crippen molar-refractivity contribution in [1.82, 2.24) is 9.78 Å². The lowest BCUT2D eigenvalue weighted by Crippen LogP contribution is -2.17. The van der Waals surface area contributed by atoms with Gasteiger partial charge in [0.25, 0.3) is 5.69 Å². The minimum Gasteiger partial charge on any atom is -0.365 e. The van der Waals surface area contributed by atoms with Gasteiger partial charge in [0, 0.05) is 42.9 Å². The highest BCUT2D eigenvalue weighted by molar-refractivity contribution is 9.10. The Morgan fingerprint density at radius 2 is 2.26 bits per heavy atom. The summed E-state index contributed by atoms with van der Waals surface area (Å²) in [6.07, 6.45) is 3.64. The van der Waals surface area contributed by atoms with E-state index in [9.17, 15) is 10.1 Å². The Morgan fingerprint density at radius 3 is 2.84 bits per heavy atom. The van der Waals surface area contributed by atoms with E-state index >= 15 is 0 Å². The highest BCUT2D eigenvalue weighted by atomic mass is 79.9. The summed E-state index contributed by atoms with van der Waals surface area (Å²) >= 11 is 3.25. The van der Waals surface area contributed by atoms with E-state index in [2.05, 4.69) is 21.0 Å². The fourth-order valence-corrected chi connectivity index (χ4v) is 2.23. The summed E-state index contributed by atoms with van der Waals surface area (Å²) in [5.74, 6) is 0. The summed E-state index contributed by atoms with van der Waals surface area (Å²) in [5, 5.41) is 15.2. The molecule has 0 saturated carbocycles. The van der Waals surface area contributed by atoms with E-state index in [-0.39, 0.29) is 10.6 Å². The van der Waals surface area contributed by atoms with Gasteiger partial charge in [0.15, 0.2) is 0 Å². The monoisotopic (exact) mass is 324 g/mol. The van der Waals surface area contributed by atoms with Crippen molar-refractivity contribution >= 4 is 27.3 Å². The van der Waals surface area contributed by atoms with E-state index in [1.54, 1.807) is 23.0 Å². The van der Waals surface area contributed by atoms with Crippen molar-refractivity contribution in [3.63, 3.8) is 0 Å². The molecule has 0 amide bonds. The first-order valence-electron chi connectivity index (χ1n) is 5.60. The normalized spacial score (nSPS) is 10.5. The highest BCUT2D eigenvalue weighted by Gasteiger charge is 2.17. The van der Waals surface area contributed by atoms with Gasteiger partial charge in [0.2, 0.25) is 0 Å². The number of nitrogens with zero attached hydrogens (tertiary/aromatic N) is 4. The first kappa shape index (κ1) is 13.5. The number of benzene rings is 1. The van der Waals surface area contributed by atoms with Crippen molar-refractivity contribution in [2.45, 2.75) is 6.54 Å². The number of hydrogen-bond donors (Lipinski definition) is 0. The molecular weight excluding hydrogens is 312 g/mol. The van der Waals surface area contributed by atoms with Gasteiger partial charge in [0.1, 0.15) is 5.69 Å². The zero-order valence-electron chi connectivity index (χ0n) is 10.6. The van der Waals surface area contributed by atoms with Crippen LogP contribution in [0.4, 0.5) is 11.4 Å². The summed E-state index contributed by atoms with van der Waals surface area (Å²) in [6.45, 7) is 0.566. The summed E-state index contributed by atoms with van der Waals surface area (Å²) in [7, 11) is 3.66. The van der Waals surface area contributed by atoms with Crippen LogP contribution in [0.1, 0.15) is 5.56 Å². The Bertz CT molecular complexity index is 612. The minimum absolute atomic E-state index is 0.0840. The second-order valence-electron chi connectivity index (χ2n) is 4.27. The quantitative estimate of drug-likeness (QED) is 0.640. The Morgan fingerprint density at radius 1 is 1.53 bits per heavy atom. The topological polar surface area (TPSA) is 64.2 Å². The van der Waals surface area contributed by atoms with Crippen molar-refractivity contribution in [2.75, 3.05) is 11.9 Å². The zero-order chi connectivity index (χ0) is 14.0. The molecular formula is C12H13BrN4O2. The number of nitro benzene ring substituents is 1. The van der Waals surface area contributed by atoms with Gasteiger partial charge in [-0.25, -0.2) is 0 Å². The average Bonchev–Trinajstić information content (AvgIpc) is 2.74. The van der Waals surface area contributed by atoms with Crippen LogP contribution in [0.2, 0.25) is 0 Å². The molecule has 0 saturated heterocycles. The molecule has 1 aromatic heterocycles. The molecule has 1 heterocycles. The number of nitro groups is 1. The lowest BCUT2D eigenvalue weighted by Gasteiger charge is -2.18. The van der Waals surface area contributed by atoms with Crippen molar-refractivity contribution in [3.8, 4) is 0 Å². The molecule has 0 spiro atoms. The lowest BCUT2D eigenvalue weighted by atomic mass is 10.2. The zero-order valence-corrected chi connectivity index (χ0v) is 12.2. The Balaban J connectivity index is 2.28. The number of aryl methyl sites for hydroxylation is 1. The van der Waals surface area contributed by atoms with Gasteiger partial charge in [-0.2, -0.15) is 5.10 Å². The summed E-state index contributed by atoms with van der Waals surface area (Å²) in [6, 6.07) is 5.04. The van der Waals surface area contributed by atoms with Crippen LogP contribution < -0.4 is 4.90 Å². The SMILES string of the molecule is CN(Cc1cnn(C)c1)c1ccc(Br)cc1[N+](=O)[O-]. The largest absolute Gasteiger partial charge is 0.365 e. The van der Waals surface area contributed by atoms with Gasteiger partial charge in [0.05, 0.1) is 11.1 Å². The third-order valence-electron chi connectivity index (χ3n) is 2.72. The van der Waals surface area contributed by atoms with Crippen LogP contribution in [0.5, 0.6) is 0 Å². The molecule has 0 aliphatic rings. The molecule has 6 nitrogen and oxygen atoms in total. The van der Waals surface area contributed by atoms with Crippen molar-refractivity contribution in [3.05, 3.63) is 50.7 Å². The van der Waals surface area contributed by atoms with Gasteiger partial charge in [-0.15, -0.1) is 0 Å². The van der Waals surface area contributed by atoms with Gasteiger partial charge >= 0.3 is 0 Å². The van der Waals surface area contributed by atoms with Gasteiger partial charge < -0.3 is 4.90 Å². The first-order valence-corrected chi connectivity index (χ1v) is 6.39. The number of aromatic nitrogens is 2. The summed E-state index contributed by atoms with van der Waals surface area (Å²) in [4.78, 5) is 12.5. The molecule has 0 aliphatic heterocycles. The molecule has 0 aliphatic carbocycles. The molecule has 19 heavy (non-hydrogen) atoms. The van der Waals surface area contributed by atoms with Crippen LogP contribution in [0, 0.1) is 10.1 Å². The molecule has 0 radical (unpaired) electrons. The van der Waals surface area contributed by atoms with Crippen LogP contribution >= 0.6 is 15.9 Å². The van der Waals surface area contributed by atoms with E-state index in [1.165, 1.54) is 6.07 Å². The molecule has 2 aromatic rings. The van der Waals surface area contributed by atoms with Crippen molar-refractivity contribution < 1.29 is 4.92 Å². The van der Waals surface area contributed by atoms with Gasteiger partial charge in [-0.05, 0) is 12.1 Å². The molecule has 100 valence electrons. The third-order valence-corrected chi connectivity index (χ3v) is 3.22. The van der Waals surface area contributed by atoms with Crippen LogP contribution in [-0.4, -0.2) is 21.8 Å². The number of halogens is 1. The molecule has 0 fully saturated rings. The standard InChI is InChI=1S/C12H13BrN4O2/c1-15(7-9-6-14-16(2)8-9)11-4-3-10(13)5-12(11)17(18)19/h3-6,8H,7H2,1-2H3. The molecule has 0 atom stereocenters. The van der Waals surface area contributed by atoms with Gasteiger partial charge in [-0.3, -0.25) is 14.8 Å². The van der Waals surface area contributed by atoms with Crippen molar-refractivity contribution in [1.29, 1.82) is 0 Å². The maximum absolute atomic E-state index is 11.1. The molecule has 0 N–H and O–H groups in total. The van der Waals surface area contributed by atoms with Crippen LogP contribution in [0.3, 0.4) is 0 Å². The molecule has 7 heteroatoms. The maximum atomic E-state index is 11.1. The predicted octanol–water partition coefficient (Wildman–Crippen LogP) is 2.73. The second-order valence-corrected chi connectivity index (χ2v) is 5.18. The fraction of sp³-hybridized carbons (Fsp3) is 0.250. The smallest absolute Gasteiger partial charge is 0.293 e. The Kier molecular flexibility index (Phi) is 3.84. The van der Waals surface area contributed by atoms with E-state index in [0.29, 0.717) is 16.7 Å². The Labute approximate surface area is 118 Å². The lowest BCUT2D eigenvalue weighted by molar-refractivity contribution is -0.384. The summed E-state index contributed by atoms with van der Waals surface area (Å²) in [5.41, 5.74) is 1.67. The first-order chi connectivity index (χ1) is 8.97.